The summed E-state index contributed by atoms with van der Waals surface area (Å²) in [6.45, 7) is 15.1. The molecule has 0 radical (unpaired) electrons. The largest absolute Gasteiger partial charge is 0.491 e. The smallest absolute Gasteiger partial charge is 0.456 e. The summed E-state index contributed by atoms with van der Waals surface area (Å²) in [5, 5.41) is 0.0349. The normalized spacial score (nSPS) is 18.6. The van der Waals surface area contributed by atoms with E-state index in [4.69, 9.17) is 14.0 Å². The Morgan fingerprint density at radius 1 is 1.07 bits per heavy atom. The molecule has 1 fully saturated rings. The highest BCUT2D eigenvalue weighted by Crippen LogP contribution is 2.39. The zero-order chi connectivity index (χ0) is 22.0. The van der Waals surface area contributed by atoms with E-state index in [1.165, 1.54) is 11.8 Å². The molecule has 1 aromatic carbocycles. The molecule has 0 bridgehead atoms. The molecule has 0 unspecified atom stereocenters. The second-order valence-electron chi connectivity index (χ2n) is 9.21. The van der Waals surface area contributed by atoms with Crippen LogP contribution in [0.2, 0.25) is 0 Å². The molecule has 1 aliphatic heterocycles. The molecule has 0 spiro atoms. The Kier molecular flexibility index (Phi) is 7.08. The SMILES string of the molecule is CC(=O)SCC(=Cc1ccc(C(=O)OC(C)(C)C)cc1)B1OC(C)(C)C(C)(C)O1. The van der Waals surface area contributed by atoms with Crippen molar-refractivity contribution in [3.63, 3.8) is 0 Å². The minimum atomic E-state index is -0.538. The van der Waals surface area contributed by atoms with E-state index in [1.807, 2.05) is 66.7 Å². The molecule has 0 aromatic heterocycles. The van der Waals surface area contributed by atoms with E-state index in [0.29, 0.717) is 11.3 Å². The van der Waals surface area contributed by atoms with Gasteiger partial charge in [-0.3, -0.25) is 4.79 Å². The molecule has 1 saturated heterocycles. The van der Waals surface area contributed by atoms with E-state index in [1.54, 1.807) is 19.1 Å². The van der Waals surface area contributed by atoms with Crippen molar-refractivity contribution in [3.8, 4) is 0 Å². The number of ether oxygens (including phenoxy) is 1. The average molecular weight is 418 g/mol. The number of thioether (sulfide) groups is 1. The van der Waals surface area contributed by atoms with Crippen molar-refractivity contribution in [2.45, 2.75) is 72.2 Å². The molecule has 0 amide bonds. The highest BCUT2D eigenvalue weighted by molar-refractivity contribution is 8.13. The van der Waals surface area contributed by atoms with Crippen molar-refractivity contribution < 1.29 is 23.6 Å². The first-order valence-corrected chi connectivity index (χ1v) is 10.7. The fourth-order valence-corrected chi connectivity index (χ4v) is 3.21. The molecule has 5 nitrogen and oxygen atoms in total. The number of rotatable bonds is 5. The van der Waals surface area contributed by atoms with Crippen LogP contribution in [0.3, 0.4) is 0 Å². The number of esters is 1. The van der Waals surface area contributed by atoms with Crippen LogP contribution in [0, 0.1) is 0 Å². The molecule has 158 valence electrons. The van der Waals surface area contributed by atoms with E-state index in [2.05, 4.69) is 0 Å². The van der Waals surface area contributed by atoms with Crippen molar-refractivity contribution in [1.29, 1.82) is 0 Å². The molecule has 0 N–H and O–H groups in total. The topological polar surface area (TPSA) is 61.8 Å². The third-order valence-electron chi connectivity index (χ3n) is 4.90. The number of carbonyl (C=O) groups is 2. The number of hydrogen-bond acceptors (Lipinski definition) is 6. The highest BCUT2D eigenvalue weighted by atomic mass is 32.2. The van der Waals surface area contributed by atoms with Crippen LogP contribution < -0.4 is 0 Å². The Morgan fingerprint density at radius 2 is 1.59 bits per heavy atom. The third-order valence-corrected chi connectivity index (χ3v) is 5.78. The Labute approximate surface area is 178 Å². The molecule has 2 rings (SSSR count). The summed E-state index contributed by atoms with van der Waals surface area (Å²) in [5.74, 6) is 0.117. The van der Waals surface area contributed by atoms with Crippen molar-refractivity contribution in [2.75, 3.05) is 5.75 Å². The summed E-state index contributed by atoms with van der Waals surface area (Å²) in [4.78, 5) is 23.7. The van der Waals surface area contributed by atoms with Gasteiger partial charge in [0.05, 0.1) is 16.8 Å². The van der Waals surface area contributed by atoms with Crippen LogP contribution in [0.1, 0.15) is 71.3 Å². The van der Waals surface area contributed by atoms with Gasteiger partial charge in [-0.25, -0.2) is 4.79 Å². The summed E-state index contributed by atoms with van der Waals surface area (Å²) in [6, 6.07) is 7.17. The van der Waals surface area contributed by atoms with Crippen LogP contribution in [0.5, 0.6) is 0 Å². The maximum absolute atomic E-state index is 12.2. The monoisotopic (exact) mass is 418 g/mol. The summed E-state index contributed by atoms with van der Waals surface area (Å²) in [6.07, 6.45) is 1.96. The molecule has 0 atom stereocenters. The minimum Gasteiger partial charge on any atom is -0.456 e. The molecule has 29 heavy (non-hydrogen) atoms. The number of carbonyl (C=O) groups excluding carboxylic acids is 2. The second-order valence-corrected chi connectivity index (χ2v) is 10.4. The molecular formula is C22H31BO5S. The fraction of sp³-hybridized carbons (Fsp3) is 0.545. The van der Waals surface area contributed by atoms with Crippen molar-refractivity contribution in [2.24, 2.45) is 0 Å². The minimum absolute atomic E-state index is 0.0349. The first-order chi connectivity index (χ1) is 13.2. The van der Waals surface area contributed by atoms with Crippen LogP contribution in [-0.4, -0.2) is 40.8 Å². The van der Waals surface area contributed by atoms with Crippen LogP contribution in [0.25, 0.3) is 6.08 Å². The van der Waals surface area contributed by atoms with E-state index in [0.717, 1.165) is 11.0 Å². The van der Waals surface area contributed by atoms with Gasteiger partial charge in [0.15, 0.2) is 5.12 Å². The predicted molar refractivity (Wildman–Crippen MR) is 119 cm³/mol. The first-order valence-electron chi connectivity index (χ1n) is 9.73. The van der Waals surface area contributed by atoms with Gasteiger partial charge in [-0.1, -0.05) is 30.0 Å². The lowest BCUT2D eigenvalue weighted by atomic mass is 9.78. The van der Waals surface area contributed by atoms with E-state index < -0.39 is 23.9 Å². The van der Waals surface area contributed by atoms with Crippen LogP contribution in [-0.2, 0) is 18.8 Å². The standard InChI is InChI=1S/C22H31BO5S/c1-15(24)29-14-18(23-27-21(5,6)22(7,8)28-23)13-16-9-11-17(12-10-16)19(25)26-20(2,3)4/h9-13H,14H2,1-8H3. The molecule has 0 saturated carbocycles. The number of hydrogen-bond donors (Lipinski definition) is 0. The van der Waals surface area contributed by atoms with Gasteiger partial charge >= 0.3 is 13.1 Å². The van der Waals surface area contributed by atoms with Crippen molar-refractivity contribution in [1.82, 2.24) is 0 Å². The average Bonchev–Trinajstić information content (AvgIpc) is 2.78. The van der Waals surface area contributed by atoms with Gasteiger partial charge in [-0.15, -0.1) is 0 Å². The van der Waals surface area contributed by atoms with Gasteiger partial charge in [0.25, 0.3) is 0 Å². The van der Waals surface area contributed by atoms with Gasteiger partial charge in [0.2, 0.25) is 0 Å². The zero-order valence-electron chi connectivity index (χ0n) is 18.6. The van der Waals surface area contributed by atoms with E-state index >= 15 is 0 Å². The fourth-order valence-electron chi connectivity index (χ4n) is 2.62. The van der Waals surface area contributed by atoms with E-state index in [-0.39, 0.29) is 11.1 Å². The Balaban J connectivity index is 2.25. The third kappa shape index (κ3) is 6.46. The van der Waals surface area contributed by atoms with Gasteiger partial charge in [-0.05, 0) is 71.6 Å². The van der Waals surface area contributed by atoms with Crippen molar-refractivity contribution >= 4 is 36.0 Å². The molecule has 0 aliphatic carbocycles. The van der Waals surface area contributed by atoms with Gasteiger partial charge in [-0.2, -0.15) is 0 Å². The molecule has 7 heteroatoms. The summed E-state index contributed by atoms with van der Waals surface area (Å²) < 4.78 is 17.7. The lowest BCUT2D eigenvalue weighted by Crippen LogP contribution is -2.41. The molecule has 1 aromatic rings. The highest BCUT2D eigenvalue weighted by Gasteiger charge is 2.52. The molecule has 1 aliphatic rings. The Bertz CT molecular complexity index is 774. The summed E-state index contributed by atoms with van der Waals surface area (Å²) in [7, 11) is -0.530. The Morgan fingerprint density at radius 3 is 2.03 bits per heavy atom. The predicted octanol–water partition coefficient (Wildman–Crippen LogP) is 4.94. The van der Waals surface area contributed by atoms with Crippen LogP contribution >= 0.6 is 11.8 Å². The van der Waals surface area contributed by atoms with Crippen LogP contribution in [0.15, 0.2) is 29.7 Å². The van der Waals surface area contributed by atoms with E-state index in [9.17, 15) is 9.59 Å². The maximum Gasteiger partial charge on any atom is 0.491 e. The maximum atomic E-state index is 12.2. The van der Waals surface area contributed by atoms with Gasteiger partial charge in [0, 0.05) is 12.7 Å². The summed E-state index contributed by atoms with van der Waals surface area (Å²) >= 11 is 1.22. The summed E-state index contributed by atoms with van der Waals surface area (Å²) in [5.41, 5.74) is 0.798. The first kappa shape index (κ1) is 23.7. The molecule has 1 heterocycles. The van der Waals surface area contributed by atoms with Crippen LogP contribution in [0.4, 0.5) is 0 Å². The van der Waals surface area contributed by atoms with Gasteiger partial charge in [0.1, 0.15) is 5.60 Å². The molecular weight excluding hydrogens is 387 g/mol. The quantitative estimate of drug-likeness (QED) is 0.499. The lowest BCUT2D eigenvalue weighted by Gasteiger charge is -2.32. The number of benzene rings is 1. The zero-order valence-corrected chi connectivity index (χ0v) is 19.4. The van der Waals surface area contributed by atoms with Gasteiger partial charge < -0.3 is 14.0 Å². The second kappa shape index (κ2) is 8.66. The van der Waals surface area contributed by atoms with Crippen molar-refractivity contribution in [3.05, 3.63) is 40.9 Å². The lowest BCUT2D eigenvalue weighted by molar-refractivity contribution is -0.109. The Hall–Kier alpha value is -1.57.